The van der Waals surface area contributed by atoms with Gasteiger partial charge in [-0.15, -0.1) is 0 Å². The van der Waals surface area contributed by atoms with Crippen LogP contribution in [0.15, 0.2) is 196 Å². The smallest absolute Gasteiger partial charge is 0.195 e. The number of fused-ring (bicyclic) bond motifs is 8. The van der Waals surface area contributed by atoms with Crippen molar-refractivity contribution in [3.05, 3.63) is 241 Å². The minimum atomic E-state index is -0.0740. The summed E-state index contributed by atoms with van der Waals surface area (Å²) in [5.74, 6) is 1.53. The Hall–Kier alpha value is -14.2. The maximum absolute atomic E-state index is 10.1. The fraction of sp³-hybridized carbons (Fsp3) is 0.400. The van der Waals surface area contributed by atoms with Crippen molar-refractivity contribution in [1.29, 1.82) is 0 Å². The lowest BCUT2D eigenvalue weighted by atomic mass is 9.95. The number of phenols is 16. The van der Waals surface area contributed by atoms with Crippen LogP contribution in [0.3, 0.4) is 0 Å². The number of rotatable bonds is 16. The first-order valence-electron chi connectivity index (χ1n) is 50.5. The van der Waals surface area contributed by atoms with Crippen molar-refractivity contribution in [3.8, 4) is 92.0 Å². The molecule has 144 heavy (non-hydrogen) atoms. The van der Waals surface area contributed by atoms with Crippen molar-refractivity contribution in [2.75, 3.05) is 0 Å². The van der Waals surface area contributed by atoms with Gasteiger partial charge < -0.3 is 81.7 Å². The molecule has 8 aromatic carbocycles. The number of hydrogen-bond acceptors (Lipinski definition) is 16. The molecule has 0 bridgehead atoms. The van der Waals surface area contributed by atoms with Gasteiger partial charge in [-0.25, -0.2) is 22.8 Å². The highest BCUT2D eigenvalue weighted by Gasteiger charge is 2.30. The Kier molecular flexibility index (Phi) is 37.7. The number of hydrogen-bond donors (Lipinski definition) is 16. The molecule has 24 nitrogen and oxygen atoms in total. The molecule has 0 unspecified atom stereocenters. The van der Waals surface area contributed by atoms with Gasteiger partial charge in [-0.1, -0.05) is 111 Å². The molecule has 768 valence electrons. The SMILES string of the molecule is CC(C)c1c(O)c(O)cc2c[n+](C(C)C)ccc12.CC(C)c1c(O)c(O)cc2cc[n+](C(C)C)cc12.CC(C)c1c2c(O)c(O)ccc2cc[n+]1C(C)C.CC(C)c1c2cc(O)c(O)cc2cc[n+]1C(C)C.CC(C)c1c[n+](C(C)C)cc2c(O)c(O)ccc12.CC(C)c1cc(O)c(O)c2c[n+](C(C)C)ccc12.CC(C)c1cc2cc[n+](C(C)C)cc2c(O)c1O.CC(C)c1cc2ccc(O)c(O)c2c[n+]1C(C)C. The summed E-state index contributed by atoms with van der Waals surface area (Å²) < 4.78 is 16.8. The summed E-state index contributed by atoms with van der Waals surface area (Å²) >= 11 is 0. The van der Waals surface area contributed by atoms with Gasteiger partial charge in [0.15, 0.2) is 238 Å². The molecule has 0 radical (unpaired) electrons. The fourth-order valence-corrected chi connectivity index (χ4v) is 18.0. The van der Waals surface area contributed by atoms with E-state index in [-0.39, 0.29) is 116 Å². The monoisotopic (exact) mass is 1970 g/mol. The standard InChI is InChI=1S/8C15H19NO2/c1-9(2)14-12-5-6-16(10(3)4)8-11(12)7-13(17)15(14)18;1-9(2)12-7-14(17)15(18)13-8-16(10(3)4)6-5-11(12)13;1-9(2)12-7-16(10(3)4)8-13-11(12)5-6-14(17)15(13)18;1-9(2)14-12-8-16(10(3)4)6-5-11(12)7-13(17)15(14)18;1-9(2)15-12-8-14(18)13(17)7-11(12)5-6-16(15)10(3)4;1-9(2)13-7-11-5-6-14(17)15(18)12(11)8-16(13)10(3)4;1-9(2)12-7-11-5-6-16(10(3)4)8-13(11)15(18)14(12)17;1-9(2)14-13-11(5-6-12(17)15(13)18)7-8-16(14)10(3)4/h3*5-10,17H,1-4H3;2*5-10,18H,1-4H3;3*5-10,17H,1-4H3/p+8. The van der Waals surface area contributed by atoms with Crippen LogP contribution in [0.25, 0.3) is 86.2 Å². The highest BCUT2D eigenvalue weighted by atomic mass is 16.3. The van der Waals surface area contributed by atoms with Gasteiger partial charge in [0.1, 0.15) is 0 Å². The second-order valence-corrected chi connectivity index (χ2v) is 42.3. The van der Waals surface area contributed by atoms with Gasteiger partial charge in [-0.2, -0.15) is 13.7 Å². The minimum absolute atomic E-state index is 0.000188. The van der Waals surface area contributed by atoms with Gasteiger partial charge in [0.05, 0.1) is 37.7 Å². The molecule has 0 aliphatic carbocycles. The van der Waals surface area contributed by atoms with Crippen LogP contribution in [0, 0.1) is 0 Å². The lowest BCUT2D eigenvalue weighted by molar-refractivity contribution is -0.723. The van der Waals surface area contributed by atoms with Crippen molar-refractivity contribution < 1.29 is 118 Å². The Morgan fingerprint density at radius 2 is 0.528 bits per heavy atom. The van der Waals surface area contributed by atoms with Crippen LogP contribution in [-0.2, 0) is 0 Å². The van der Waals surface area contributed by atoms with Gasteiger partial charge in [0.25, 0.3) is 0 Å². The maximum Gasteiger partial charge on any atom is 0.195 e. The maximum atomic E-state index is 10.1. The highest BCUT2D eigenvalue weighted by Crippen LogP contribution is 2.46. The molecule has 0 spiro atoms. The van der Waals surface area contributed by atoms with Crippen LogP contribution in [-0.4, -0.2) is 81.7 Å². The van der Waals surface area contributed by atoms with E-state index in [2.05, 4.69) is 220 Å². The van der Waals surface area contributed by atoms with Gasteiger partial charge in [-0.05, 0) is 246 Å². The molecule has 0 fully saturated rings. The topological polar surface area (TPSA) is 355 Å². The number of nitrogens with zero attached hydrogens (tertiary/aromatic N) is 8. The number of aromatic nitrogens is 8. The first-order chi connectivity index (χ1) is 67.3. The Morgan fingerprint density at radius 3 is 1.01 bits per heavy atom. The normalized spacial score (nSPS) is 11.7. The number of aromatic hydroxyl groups is 16. The van der Waals surface area contributed by atoms with Gasteiger partial charge in [0, 0.05) is 104 Å². The van der Waals surface area contributed by atoms with Crippen LogP contribution in [0.1, 0.15) is 362 Å². The molecule has 0 aliphatic rings. The van der Waals surface area contributed by atoms with Crippen LogP contribution in [0.2, 0.25) is 0 Å². The van der Waals surface area contributed by atoms with Gasteiger partial charge in [0.2, 0.25) is 0 Å². The van der Waals surface area contributed by atoms with Crippen molar-refractivity contribution in [2.45, 2.75) is 317 Å². The van der Waals surface area contributed by atoms with E-state index < -0.39 is 0 Å². The van der Waals surface area contributed by atoms with E-state index in [9.17, 15) is 81.7 Å². The third-order valence-electron chi connectivity index (χ3n) is 26.1. The van der Waals surface area contributed by atoms with Gasteiger partial charge >= 0.3 is 0 Å². The molecule has 0 atom stereocenters. The van der Waals surface area contributed by atoms with E-state index in [1.807, 2.05) is 186 Å². The van der Waals surface area contributed by atoms with E-state index in [4.69, 9.17) is 0 Å². The average Bonchev–Trinajstić information content (AvgIpc) is 0.769. The highest BCUT2D eigenvalue weighted by molar-refractivity contribution is 5.96. The molecule has 0 amide bonds. The van der Waals surface area contributed by atoms with Crippen LogP contribution >= 0.6 is 0 Å². The number of pyridine rings is 8. The predicted octanol–water partition coefficient (Wildman–Crippen LogP) is 25.9. The quantitative estimate of drug-likeness (QED) is 0.0316. The fourth-order valence-electron chi connectivity index (χ4n) is 18.0. The predicted molar refractivity (Wildman–Crippen MR) is 576 cm³/mol. The number of benzene rings is 8. The molecule has 0 saturated heterocycles. The molecular formula is C120H160N8O16+8. The summed E-state index contributed by atoms with van der Waals surface area (Å²) in [6.07, 6.45) is 25.8. The Labute approximate surface area is 849 Å². The second-order valence-electron chi connectivity index (χ2n) is 42.3. The van der Waals surface area contributed by atoms with Crippen molar-refractivity contribution >= 4 is 86.2 Å². The molecule has 0 aliphatic heterocycles. The third kappa shape index (κ3) is 25.7. The Bertz CT molecular complexity index is 7210. The third-order valence-corrected chi connectivity index (χ3v) is 26.1. The van der Waals surface area contributed by atoms with Crippen molar-refractivity contribution in [3.63, 3.8) is 0 Å². The summed E-state index contributed by atoms with van der Waals surface area (Å²) in [5.41, 5.74) is 8.08. The van der Waals surface area contributed by atoms with Crippen LogP contribution < -0.4 is 36.5 Å². The summed E-state index contributed by atoms with van der Waals surface area (Å²) in [4.78, 5) is 0. The second kappa shape index (κ2) is 47.8. The molecule has 16 rings (SSSR count). The Balaban J connectivity index is 0.000000183. The van der Waals surface area contributed by atoms with E-state index in [1.54, 1.807) is 36.4 Å². The van der Waals surface area contributed by atoms with Crippen LogP contribution in [0.5, 0.6) is 92.0 Å². The summed E-state index contributed by atoms with van der Waals surface area (Å²) in [7, 11) is 0. The van der Waals surface area contributed by atoms with Crippen LogP contribution in [0.4, 0.5) is 0 Å². The first-order valence-corrected chi connectivity index (χ1v) is 50.5. The summed E-state index contributed by atoms with van der Waals surface area (Å²) in [6.45, 7) is 66.9. The van der Waals surface area contributed by atoms with E-state index in [0.717, 1.165) is 92.6 Å². The summed E-state index contributed by atoms with van der Waals surface area (Å²) in [6, 6.07) is 36.9. The largest absolute Gasteiger partial charge is 0.504 e. The molecule has 24 heteroatoms. The summed E-state index contributed by atoms with van der Waals surface area (Å²) in [5, 5.41) is 172. The zero-order valence-corrected chi connectivity index (χ0v) is 90.4. The first kappa shape index (κ1) is 113. The average molecular weight is 1970 g/mol. The Morgan fingerprint density at radius 1 is 0.174 bits per heavy atom. The molecule has 16 aromatic rings. The van der Waals surface area contributed by atoms with Crippen molar-refractivity contribution in [2.24, 2.45) is 0 Å². The molecular weight excluding hydrogens is 1810 g/mol. The van der Waals surface area contributed by atoms with E-state index in [1.165, 1.54) is 29.1 Å². The van der Waals surface area contributed by atoms with Crippen molar-refractivity contribution in [1.82, 2.24) is 0 Å². The van der Waals surface area contributed by atoms with Gasteiger partial charge in [-0.3, -0.25) is 0 Å². The van der Waals surface area contributed by atoms with E-state index >= 15 is 0 Å². The number of phenolic OH excluding ortho intramolecular Hbond substituents is 16. The lowest BCUT2D eigenvalue weighted by Gasteiger charge is -2.14. The molecule has 16 N–H and O–H groups in total. The zero-order valence-electron chi connectivity index (χ0n) is 90.4. The molecule has 0 saturated carbocycles. The minimum Gasteiger partial charge on any atom is -0.504 e. The molecule has 8 heterocycles. The molecule has 8 aromatic heterocycles. The lowest BCUT2D eigenvalue weighted by Crippen LogP contribution is -2.41. The zero-order chi connectivity index (χ0) is 108. The van der Waals surface area contributed by atoms with E-state index in [0.29, 0.717) is 93.6 Å².